The largest absolute Gasteiger partial charge is 0.317 e. The van der Waals surface area contributed by atoms with Crippen molar-refractivity contribution in [2.24, 2.45) is 11.8 Å². The maximum absolute atomic E-state index is 3.47. The lowest BCUT2D eigenvalue weighted by Gasteiger charge is -2.49. The SMILES string of the molecule is CN(CC1CCNCC1)C1CN2CCC1CC2. The molecule has 4 aliphatic rings. The quantitative estimate of drug-likeness (QED) is 0.790. The van der Waals surface area contributed by atoms with Gasteiger partial charge in [-0.05, 0) is 70.7 Å². The van der Waals surface area contributed by atoms with Crippen molar-refractivity contribution >= 4 is 0 Å². The van der Waals surface area contributed by atoms with Crippen LogP contribution in [-0.4, -0.2) is 62.2 Å². The van der Waals surface area contributed by atoms with Crippen LogP contribution in [0.4, 0.5) is 0 Å². The van der Waals surface area contributed by atoms with Gasteiger partial charge in [-0.1, -0.05) is 0 Å². The molecule has 0 aliphatic carbocycles. The molecule has 98 valence electrons. The number of nitrogens with one attached hydrogen (secondary N) is 1. The summed E-state index contributed by atoms with van der Waals surface area (Å²) < 4.78 is 0. The van der Waals surface area contributed by atoms with Crippen LogP contribution in [0.1, 0.15) is 25.7 Å². The lowest BCUT2D eigenvalue weighted by molar-refractivity contribution is 0.00917. The van der Waals surface area contributed by atoms with Gasteiger partial charge >= 0.3 is 0 Å². The second-order valence-electron chi connectivity index (χ2n) is 6.34. The highest BCUT2D eigenvalue weighted by Crippen LogP contribution is 2.31. The first-order valence-electron chi connectivity index (χ1n) is 7.46. The molecule has 0 aromatic heterocycles. The zero-order valence-corrected chi connectivity index (χ0v) is 11.2. The number of hydrogen-bond acceptors (Lipinski definition) is 3. The van der Waals surface area contributed by atoms with E-state index < -0.39 is 0 Å². The van der Waals surface area contributed by atoms with Crippen LogP contribution in [0.15, 0.2) is 0 Å². The molecule has 2 bridgehead atoms. The third kappa shape index (κ3) is 2.67. The van der Waals surface area contributed by atoms with Crippen LogP contribution < -0.4 is 5.32 Å². The van der Waals surface area contributed by atoms with Crippen LogP contribution in [0.2, 0.25) is 0 Å². The molecule has 1 N–H and O–H groups in total. The fourth-order valence-electron chi connectivity index (χ4n) is 4.04. The van der Waals surface area contributed by atoms with Crippen molar-refractivity contribution in [2.75, 3.05) is 46.3 Å². The lowest BCUT2D eigenvalue weighted by Crippen LogP contribution is -2.57. The monoisotopic (exact) mass is 237 g/mol. The molecule has 4 aliphatic heterocycles. The van der Waals surface area contributed by atoms with Crippen LogP contribution in [0.3, 0.4) is 0 Å². The van der Waals surface area contributed by atoms with Crippen molar-refractivity contribution < 1.29 is 0 Å². The standard InChI is InChI=1S/C14H27N3/c1-16(10-12-2-6-15-7-3-12)14-11-17-8-4-13(14)5-9-17/h12-15H,2-11H2,1H3. The molecule has 4 saturated heterocycles. The highest BCUT2D eigenvalue weighted by atomic mass is 15.2. The summed E-state index contributed by atoms with van der Waals surface area (Å²) >= 11 is 0. The smallest absolute Gasteiger partial charge is 0.0249 e. The van der Waals surface area contributed by atoms with Crippen molar-refractivity contribution in [3.05, 3.63) is 0 Å². The first kappa shape index (κ1) is 11.9. The van der Waals surface area contributed by atoms with E-state index >= 15 is 0 Å². The van der Waals surface area contributed by atoms with E-state index in [1.807, 2.05) is 0 Å². The summed E-state index contributed by atoms with van der Waals surface area (Å²) in [5, 5.41) is 3.47. The molecule has 17 heavy (non-hydrogen) atoms. The summed E-state index contributed by atoms with van der Waals surface area (Å²) in [5.74, 6) is 1.93. The van der Waals surface area contributed by atoms with Gasteiger partial charge in [0.05, 0.1) is 0 Å². The van der Waals surface area contributed by atoms with Gasteiger partial charge in [0.15, 0.2) is 0 Å². The van der Waals surface area contributed by atoms with Crippen molar-refractivity contribution in [2.45, 2.75) is 31.7 Å². The average Bonchev–Trinajstić information content (AvgIpc) is 2.41. The molecule has 4 fully saturated rings. The normalized spacial score (nSPS) is 38.8. The predicted molar refractivity (Wildman–Crippen MR) is 71.2 cm³/mol. The summed E-state index contributed by atoms with van der Waals surface area (Å²) in [4.78, 5) is 5.36. The van der Waals surface area contributed by atoms with E-state index in [0.717, 1.165) is 17.9 Å². The van der Waals surface area contributed by atoms with Crippen molar-refractivity contribution in [1.82, 2.24) is 15.1 Å². The number of likely N-dealkylation sites (N-methyl/N-ethyl adjacent to an activating group) is 1. The van der Waals surface area contributed by atoms with Gasteiger partial charge < -0.3 is 15.1 Å². The molecule has 0 saturated carbocycles. The molecular weight excluding hydrogens is 210 g/mol. The van der Waals surface area contributed by atoms with Gasteiger partial charge in [-0.15, -0.1) is 0 Å². The van der Waals surface area contributed by atoms with Crippen LogP contribution in [0.25, 0.3) is 0 Å². The van der Waals surface area contributed by atoms with Gasteiger partial charge in [-0.25, -0.2) is 0 Å². The molecule has 0 aromatic rings. The first-order valence-corrected chi connectivity index (χ1v) is 7.46. The molecule has 3 heteroatoms. The Morgan fingerprint density at radius 2 is 1.82 bits per heavy atom. The molecular formula is C14H27N3. The molecule has 0 radical (unpaired) electrons. The Labute approximate surface area is 106 Å². The molecule has 0 aromatic carbocycles. The van der Waals surface area contributed by atoms with Gasteiger partial charge in [0.2, 0.25) is 0 Å². The lowest BCUT2D eigenvalue weighted by atomic mass is 9.82. The second kappa shape index (κ2) is 5.25. The average molecular weight is 237 g/mol. The third-order valence-electron chi connectivity index (χ3n) is 5.19. The number of hydrogen-bond donors (Lipinski definition) is 1. The van der Waals surface area contributed by atoms with Crippen LogP contribution in [-0.2, 0) is 0 Å². The van der Waals surface area contributed by atoms with Gasteiger partial charge in [-0.3, -0.25) is 0 Å². The second-order valence-corrected chi connectivity index (χ2v) is 6.34. The first-order chi connectivity index (χ1) is 8.33. The zero-order chi connectivity index (χ0) is 11.7. The Hall–Kier alpha value is -0.120. The number of nitrogens with zero attached hydrogens (tertiary/aromatic N) is 2. The predicted octanol–water partition coefficient (Wildman–Crippen LogP) is 1.01. The van der Waals surface area contributed by atoms with E-state index in [4.69, 9.17) is 0 Å². The van der Waals surface area contributed by atoms with Crippen LogP contribution >= 0.6 is 0 Å². The van der Waals surface area contributed by atoms with Crippen molar-refractivity contribution in [3.63, 3.8) is 0 Å². The summed E-state index contributed by atoms with van der Waals surface area (Å²) in [7, 11) is 2.37. The molecule has 0 amide bonds. The van der Waals surface area contributed by atoms with Gasteiger partial charge in [-0.2, -0.15) is 0 Å². The molecule has 4 heterocycles. The van der Waals surface area contributed by atoms with Gasteiger partial charge in [0.25, 0.3) is 0 Å². The van der Waals surface area contributed by atoms with E-state index in [9.17, 15) is 0 Å². The summed E-state index contributed by atoms with van der Waals surface area (Å²) in [6.45, 7) is 7.87. The Balaban J connectivity index is 1.53. The molecule has 1 unspecified atom stereocenters. The number of rotatable bonds is 3. The van der Waals surface area contributed by atoms with E-state index in [0.29, 0.717) is 0 Å². The summed E-state index contributed by atoms with van der Waals surface area (Å²) in [6.07, 6.45) is 5.65. The van der Waals surface area contributed by atoms with Crippen molar-refractivity contribution in [1.29, 1.82) is 0 Å². The maximum atomic E-state index is 3.47. The van der Waals surface area contributed by atoms with Gasteiger partial charge in [0, 0.05) is 19.1 Å². The van der Waals surface area contributed by atoms with E-state index in [1.54, 1.807) is 0 Å². The minimum atomic E-state index is 0.854. The highest BCUT2D eigenvalue weighted by molar-refractivity contribution is 4.92. The molecule has 4 rings (SSSR count). The molecule has 3 nitrogen and oxygen atoms in total. The maximum Gasteiger partial charge on any atom is 0.0249 e. The molecule has 1 atom stereocenters. The minimum absolute atomic E-state index is 0.854. The van der Waals surface area contributed by atoms with Crippen molar-refractivity contribution in [3.8, 4) is 0 Å². The molecule has 0 spiro atoms. The van der Waals surface area contributed by atoms with Crippen LogP contribution in [0, 0.1) is 11.8 Å². The van der Waals surface area contributed by atoms with E-state index in [2.05, 4.69) is 22.2 Å². The fraction of sp³-hybridized carbons (Fsp3) is 1.00. The number of fused-ring (bicyclic) bond motifs is 3. The van der Waals surface area contributed by atoms with Crippen LogP contribution in [0.5, 0.6) is 0 Å². The zero-order valence-electron chi connectivity index (χ0n) is 11.2. The fourth-order valence-corrected chi connectivity index (χ4v) is 4.04. The highest BCUT2D eigenvalue weighted by Gasteiger charge is 2.36. The van der Waals surface area contributed by atoms with Gasteiger partial charge in [0.1, 0.15) is 0 Å². The Bertz CT molecular complexity index is 242. The topological polar surface area (TPSA) is 18.5 Å². The van der Waals surface area contributed by atoms with E-state index in [-0.39, 0.29) is 0 Å². The van der Waals surface area contributed by atoms with E-state index in [1.165, 1.54) is 65.0 Å². The minimum Gasteiger partial charge on any atom is -0.317 e. The Morgan fingerprint density at radius 1 is 1.12 bits per heavy atom. The summed E-state index contributed by atoms with van der Waals surface area (Å²) in [5.41, 5.74) is 0. The Morgan fingerprint density at radius 3 is 2.41 bits per heavy atom. The Kier molecular flexibility index (Phi) is 3.69. The number of piperidine rings is 4. The third-order valence-corrected chi connectivity index (χ3v) is 5.19. The summed E-state index contributed by atoms with van der Waals surface area (Å²) in [6, 6.07) is 0.854.